The van der Waals surface area contributed by atoms with Crippen LogP contribution in [0.3, 0.4) is 0 Å². The number of allylic oxidation sites excluding steroid dienone is 1. The average Bonchev–Trinajstić information content (AvgIpc) is 2.89. The third-order valence-corrected chi connectivity index (χ3v) is 15.0. The standard InChI is InChI=1S/C28H30Br2Cl3NO5SSi/c1-18(2)22(23(36)38-17-27(31,32)33)34-24(37)28(29,30)25(34)40-21(35)16-39-41(26(3,4)5,19-12-8-6-9-13-19)20-14-10-7-11-15-20/h6-15,25H,16-17H2,1-5H3/t25-/m1/s1. The molecule has 1 saturated heterocycles. The fraction of sp³-hybridized carbons (Fsp3) is 0.393. The van der Waals surface area contributed by atoms with Crippen LogP contribution in [-0.2, 0) is 23.5 Å². The molecule has 0 aromatic heterocycles. The SMILES string of the molecule is CC(C)=C(C(=O)OCC(Cl)(Cl)Cl)N1C(=O)C(Br)(Br)[C@H]1SC(=O)CO[Si](c1ccccc1)(c1ccccc1)C(C)(C)C. The van der Waals surface area contributed by atoms with Crippen molar-refractivity contribution < 1.29 is 23.5 Å². The maximum absolute atomic E-state index is 13.5. The molecule has 41 heavy (non-hydrogen) atoms. The number of ether oxygens (including phenoxy) is 1. The number of β-lactam (4-membered cyclic amide) rings is 1. The van der Waals surface area contributed by atoms with Gasteiger partial charge >= 0.3 is 5.97 Å². The van der Waals surface area contributed by atoms with E-state index in [1.54, 1.807) is 13.8 Å². The zero-order chi connectivity index (χ0) is 30.8. The Morgan fingerprint density at radius 3 is 1.88 bits per heavy atom. The maximum atomic E-state index is 13.5. The molecule has 1 aliphatic rings. The number of hydrogen-bond donors (Lipinski definition) is 0. The van der Waals surface area contributed by atoms with Crippen LogP contribution in [-0.4, -0.2) is 55.8 Å². The highest BCUT2D eigenvalue weighted by atomic mass is 79.9. The van der Waals surface area contributed by atoms with Crippen LogP contribution < -0.4 is 10.4 Å². The first-order valence-electron chi connectivity index (χ1n) is 12.5. The van der Waals surface area contributed by atoms with Gasteiger partial charge in [-0.3, -0.25) is 14.5 Å². The Morgan fingerprint density at radius 1 is 0.976 bits per heavy atom. The van der Waals surface area contributed by atoms with Crippen molar-refractivity contribution in [2.24, 2.45) is 0 Å². The number of hydrogen-bond acceptors (Lipinski definition) is 6. The van der Waals surface area contributed by atoms with E-state index in [-0.39, 0.29) is 22.5 Å². The molecule has 3 rings (SSSR count). The average molecular weight is 787 g/mol. The molecule has 0 unspecified atom stereocenters. The van der Waals surface area contributed by atoms with Gasteiger partial charge in [0, 0.05) is 0 Å². The van der Waals surface area contributed by atoms with Gasteiger partial charge in [0.2, 0.25) is 8.91 Å². The van der Waals surface area contributed by atoms with Crippen LogP contribution in [0.5, 0.6) is 0 Å². The Kier molecular flexibility index (Phi) is 11.3. The summed E-state index contributed by atoms with van der Waals surface area (Å²) < 4.78 is 8.79. The molecular formula is C28H30Br2Cl3NO5SSi. The summed E-state index contributed by atoms with van der Waals surface area (Å²) in [5, 5.41) is 0.614. The van der Waals surface area contributed by atoms with E-state index in [2.05, 4.69) is 52.6 Å². The van der Waals surface area contributed by atoms with E-state index in [0.29, 0.717) is 5.57 Å². The summed E-state index contributed by atoms with van der Waals surface area (Å²) in [6, 6.07) is 19.9. The van der Waals surface area contributed by atoms with Gasteiger partial charge in [-0.2, -0.15) is 0 Å². The van der Waals surface area contributed by atoms with Crippen molar-refractivity contribution in [3.63, 3.8) is 0 Å². The van der Waals surface area contributed by atoms with Gasteiger partial charge in [-0.1, -0.05) is 160 Å². The van der Waals surface area contributed by atoms with E-state index < -0.39 is 39.2 Å². The smallest absolute Gasteiger partial charge is 0.355 e. The summed E-state index contributed by atoms with van der Waals surface area (Å²) in [7, 11) is -2.97. The number of benzene rings is 2. The topological polar surface area (TPSA) is 72.9 Å². The first kappa shape index (κ1) is 34.6. The zero-order valence-corrected chi connectivity index (χ0v) is 30.3. The van der Waals surface area contributed by atoms with Crippen LogP contribution in [0.15, 0.2) is 71.9 Å². The van der Waals surface area contributed by atoms with Gasteiger partial charge in [0.25, 0.3) is 14.2 Å². The third-order valence-electron chi connectivity index (χ3n) is 6.39. The van der Waals surface area contributed by atoms with Crippen LogP contribution in [0.25, 0.3) is 0 Å². The molecule has 0 N–H and O–H groups in total. The van der Waals surface area contributed by atoms with Crippen molar-refractivity contribution in [2.45, 2.75) is 52.1 Å². The van der Waals surface area contributed by atoms with Crippen LogP contribution in [0, 0.1) is 0 Å². The highest BCUT2D eigenvalue weighted by Gasteiger charge is 2.62. The zero-order valence-electron chi connectivity index (χ0n) is 23.1. The number of amides is 1. The Bertz CT molecular complexity index is 1270. The van der Waals surface area contributed by atoms with E-state index in [1.165, 1.54) is 4.90 Å². The molecule has 0 radical (unpaired) electrons. The summed E-state index contributed by atoms with van der Waals surface area (Å²) in [5.41, 5.74) is 0.460. The summed E-state index contributed by atoms with van der Waals surface area (Å²) in [5.74, 6) is -1.32. The van der Waals surface area contributed by atoms with Gasteiger partial charge in [0.1, 0.15) is 24.3 Å². The van der Waals surface area contributed by atoms with E-state index in [9.17, 15) is 14.4 Å². The molecule has 2 aromatic rings. The summed E-state index contributed by atoms with van der Waals surface area (Å²) in [6.07, 6.45) is 0. The second-order valence-corrected chi connectivity index (χ2v) is 22.2. The molecule has 1 fully saturated rings. The molecule has 1 heterocycles. The normalized spacial score (nSPS) is 17.1. The number of nitrogens with zero attached hydrogens (tertiary/aromatic N) is 1. The predicted molar refractivity (Wildman–Crippen MR) is 177 cm³/mol. The van der Waals surface area contributed by atoms with Gasteiger partial charge < -0.3 is 9.16 Å². The molecule has 1 aliphatic heterocycles. The monoisotopic (exact) mass is 783 g/mol. The summed E-state index contributed by atoms with van der Waals surface area (Å²) in [4.78, 5) is 40.8. The largest absolute Gasteiger partial charge is 0.456 e. The minimum atomic E-state index is -2.97. The van der Waals surface area contributed by atoms with Gasteiger partial charge in [-0.05, 0) is 34.8 Å². The van der Waals surface area contributed by atoms with E-state index in [0.717, 1.165) is 22.1 Å². The van der Waals surface area contributed by atoms with Gasteiger partial charge in [-0.15, -0.1) is 0 Å². The number of carbonyl (C=O) groups excluding carboxylic acids is 3. The summed E-state index contributed by atoms with van der Waals surface area (Å²) >= 11 is 24.8. The first-order valence-corrected chi connectivity index (χ1v) is 18.0. The number of esters is 1. The van der Waals surface area contributed by atoms with Crippen LogP contribution in [0.4, 0.5) is 0 Å². The molecule has 0 aliphatic carbocycles. The fourth-order valence-corrected chi connectivity index (χ4v) is 11.7. The number of halogens is 5. The number of carbonyl (C=O) groups is 3. The molecule has 0 bridgehead atoms. The molecule has 2 aromatic carbocycles. The lowest BCUT2D eigenvalue weighted by molar-refractivity contribution is -0.149. The molecule has 6 nitrogen and oxygen atoms in total. The number of rotatable bonds is 9. The Balaban J connectivity index is 1.90. The highest BCUT2D eigenvalue weighted by Crippen LogP contribution is 2.52. The van der Waals surface area contributed by atoms with Crippen LogP contribution >= 0.6 is 78.4 Å². The minimum Gasteiger partial charge on any atom is -0.456 e. The van der Waals surface area contributed by atoms with Crippen molar-refractivity contribution in [3.8, 4) is 0 Å². The number of likely N-dealkylation sites (tertiary alicyclic amines) is 1. The van der Waals surface area contributed by atoms with Crippen molar-refractivity contribution in [1.82, 2.24) is 4.90 Å². The Labute approximate surface area is 277 Å². The van der Waals surface area contributed by atoms with E-state index in [1.807, 2.05) is 60.7 Å². The van der Waals surface area contributed by atoms with Crippen LogP contribution in [0.1, 0.15) is 34.6 Å². The fourth-order valence-electron chi connectivity index (χ4n) is 4.66. The molecule has 1 atom stereocenters. The molecule has 222 valence electrons. The molecule has 13 heteroatoms. The second-order valence-electron chi connectivity index (χ2n) is 10.6. The van der Waals surface area contributed by atoms with Crippen LogP contribution in [0.2, 0.25) is 5.04 Å². The van der Waals surface area contributed by atoms with Gasteiger partial charge in [-0.25, -0.2) is 4.79 Å². The van der Waals surface area contributed by atoms with Crippen molar-refractivity contribution >= 4 is 114 Å². The summed E-state index contributed by atoms with van der Waals surface area (Å²) in [6.45, 7) is 8.94. The highest BCUT2D eigenvalue weighted by molar-refractivity contribution is 9.26. The van der Waals surface area contributed by atoms with E-state index >= 15 is 0 Å². The first-order chi connectivity index (χ1) is 18.9. The van der Waals surface area contributed by atoms with Crippen molar-refractivity contribution in [1.29, 1.82) is 0 Å². The lowest BCUT2D eigenvalue weighted by Gasteiger charge is -2.49. The predicted octanol–water partition coefficient (Wildman–Crippen LogP) is 6.68. The quantitative estimate of drug-likeness (QED) is 0.0929. The van der Waals surface area contributed by atoms with Gasteiger partial charge in [0.15, 0.2) is 3.23 Å². The lowest BCUT2D eigenvalue weighted by atomic mass is 10.1. The Morgan fingerprint density at radius 2 is 1.46 bits per heavy atom. The van der Waals surface area contributed by atoms with Crippen molar-refractivity contribution in [3.05, 3.63) is 71.9 Å². The molecular weight excluding hydrogens is 757 g/mol. The minimum absolute atomic E-state index is 0.0306. The van der Waals surface area contributed by atoms with Gasteiger partial charge in [0.05, 0.1) is 0 Å². The molecule has 0 saturated carbocycles. The molecule has 0 spiro atoms. The third kappa shape index (κ3) is 7.63. The Hall–Kier alpha value is -0.853. The number of thioether (sulfide) groups is 1. The number of alkyl halides is 5. The van der Waals surface area contributed by atoms with E-state index in [4.69, 9.17) is 44.0 Å². The second kappa shape index (κ2) is 13.4. The van der Waals surface area contributed by atoms with Crippen molar-refractivity contribution in [2.75, 3.05) is 13.2 Å². The lowest BCUT2D eigenvalue weighted by Crippen LogP contribution is -2.68. The molecule has 1 amide bonds. The maximum Gasteiger partial charge on any atom is 0.355 e.